The van der Waals surface area contributed by atoms with Gasteiger partial charge in [0.2, 0.25) is 10.0 Å². The first-order valence-electron chi connectivity index (χ1n) is 17.8. The van der Waals surface area contributed by atoms with Crippen LogP contribution in [0.5, 0.6) is 5.75 Å². The maximum Gasteiger partial charge on any atom is 0.264 e. The second-order valence-corrected chi connectivity index (χ2v) is 18.0. The number of aryl methyl sites for hydroxylation is 1. The van der Waals surface area contributed by atoms with Gasteiger partial charge in [0, 0.05) is 48.7 Å². The van der Waals surface area contributed by atoms with Crippen LogP contribution in [0.3, 0.4) is 0 Å². The van der Waals surface area contributed by atoms with Crippen molar-refractivity contribution in [3.63, 3.8) is 0 Å². The molecule has 2 N–H and O–H groups in total. The number of amides is 1. The quantitative estimate of drug-likeness (QED) is 0.428. The summed E-state index contributed by atoms with van der Waals surface area (Å²) < 4.78 is 41.3. The molecular weight excluding hydrogens is 650 g/mol. The molecule has 1 aliphatic carbocycles. The van der Waals surface area contributed by atoms with E-state index in [2.05, 4.69) is 14.5 Å². The van der Waals surface area contributed by atoms with E-state index in [-0.39, 0.29) is 28.7 Å². The van der Waals surface area contributed by atoms with Gasteiger partial charge in [0.25, 0.3) is 5.91 Å². The van der Waals surface area contributed by atoms with Gasteiger partial charge in [0.15, 0.2) is 0 Å². The Morgan fingerprint density at radius 2 is 1.83 bits per heavy atom. The van der Waals surface area contributed by atoms with Crippen molar-refractivity contribution < 1.29 is 27.8 Å². The van der Waals surface area contributed by atoms with E-state index in [0.29, 0.717) is 36.8 Å². The van der Waals surface area contributed by atoms with Gasteiger partial charge in [-0.1, -0.05) is 31.0 Å². The van der Waals surface area contributed by atoms with E-state index < -0.39 is 26.8 Å². The lowest BCUT2D eigenvalue weighted by molar-refractivity contribution is -0.208. The van der Waals surface area contributed by atoms with Crippen LogP contribution in [0.25, 0.3) is 0 Å². The summed E-state index contributed by atoms with van der Waals surface area (Å²) >= 11 is 6.37. The summed E-state index contributed by atoms with van der Waals surface area (Å²) in [5.41, 5.74) is 2.73. The molecule has 9 nitrogen and oxygen atoms in total. The van der Waals surface area contributed by atoms with E-state index in [1.54, 1.807) is 25.1 Å². The summed E-state index contributed by atoms with van der Waals surface area (Å²) in [6.45, 7) is 9.63. The number of likely N-dealkylation sites (tertiary alicyclic amines) is 1. The molecule has 2 bridgehead atoms. The Hall–Kier alpha value is -2.37. The number of sulfonamides is 1. The van der Waals surface area contributed by atoms with Crippen LogP contribution >= 0.6 is 11.6 Å². The zero-order valence-corrected chi connectivity index (χ0v) is 29.8. The second kappa shape index (κ2) is 13.4. The Bertz CT molecular complexity index is 1620. The number of fused-ring (bicyclic) bond motifs is 3. The average molecular weight is 700 g/mol. The largest absolute Gasteiger partial charge is 0.487 e. The Morgan fingerprint density at radius 1 is 1.02 bits per heavy atom. The second-order valence-electron chi connectivity index (χ2n) is 15.5. The van der Waals surface area contributed by atoms with Crippen LogP contribution in [-0.4, -0.2) is 81.1 Å². The average Bonchev–Trinajstić information content (AvgIpc) is 3.02. The third-order valence-electron chi connectivity index (χ3n) is 12.0. The smallest absolute Gasteiger partial charge is 0.264 e. The fraction of sp³-hybridized carbons (Fsp3) is 0.649. The van der Waals surface area contributed by atoms with Gasteiger partial charge in [-0.15, -0.1) is 0 Å². The van der Waals surface area contributed by atoms with Gasteiger partial charge in [-0.3, -0.25) is 9.69 Å². The van der Waals surface area contributed by atoms with Gasteiger partial charge in [0.05, 0.1) is 29.8 Å². The zero-order chi connectivity index (χ0) is 33.7. The summed E-state index contributed by atoms with van der Waals surface area (Å²) in [6, 6.07) is 11.2. The third kappa shape index (κ3) is 6.84. The molecule has 5 aliphatic rings. The maximum atomic E-state index is 13.5. The first-order valence-corrected chi connectivity index (χ1v) is 19.7. The standard InChI is InChI=1S/C37H50ClN3O6S/c1-25-6-5-14-37(43,22-40-20-36(21-40)23-46-24-36)32-12-9-29(32)18-41-15-4-3-7-27-16-31(38)11-8-30(27)19-47-34-13-10-28(17-33(34)41)35(42)39-48(44,45)26(25)2/h8,10-11,13,16-17,25-26,29,32,43H,3-7,9,12,14-15,18-24H2,1-2H3,(H,39,42)/t25-,26+,29-,32+,37+/m0/s1. The molecule has 7 rings (SSSR count). The molecule has 5 atom stereocenters. The van der Waals surface area contributed by atoms with E-state index in [4.69, 9.17) is 21.1 Å². The highest BCUT2D eigenvalue weighted by molar-refractivity contribution is 7.90. The lowest BCUT2D eigenvalue weighted by Gasteiger charge is -2.58. The minimum Gasteiger partial charge on any atom is -0.487 e. The van der Waals surface area contributed by atoms with Gasteiger partial charge in [-0.05, 0) is 111 Å². The summed E-state index contributed by atoms with van der Waals surface area (Å²) in [6.07, 6.45) is 6.79. The highest BCUT2D eigenvalue weighted by Crippen LogP contribution is 2.48. The molecule has 1 amide bonds. The number of hydrogen-bond acceptors (Lipinski definition) is 8. The molecule has 0 unspecified atom stereocenters. The monoisotopic (exact) mass is 699 g/mol. The fourth-order valence-electron chi connectivity index (χ4n) is 8.77. The van der Waals surface area contributed by atoms with Crippen molar-refractivity contribution in [1.29, 1.82) is 0 Å². The lowest BCUT2D eigenvalue weighted by Crippen LogP contribution is -2.69. The topological polar surface area (TPSA) is 108 Å². The van der Waals surface area contributed by atoms with Gasteiger partial charge in [0.1, 0.15) is 12.4 Å². The molecule has 4 aliphatic heterocycles. The summed E-state index contributed by atoms with van der Waals surface area (Å²) in [4.78, 5) is 18.2. The number of benzene rings is 2. The Kier molecular flexibility index (Phi) is 9.52. The van der Waals surface area contributed by atoms with Crippen LogP contribution in [-0.2, 0) is 27.8 Å². The van der Waals surface area contributed by atoms with E-state index >= 15 is 0 Å². The minimum absolute atomic E-state index is 0.136. The van der Waals surface area contributed by atoms with Crippen molar-refractivity contribution in [2.24, 2.45) is 23.2 Å². The number of hydrogen-bond donors (Lipinski definition) is 2. The van der Waals surface area contributed by atoms with E-state index in [1.807, 2.05) is 25.1 Å². The SMILES string of the molecule is C[C@@H]1[C@@H](C)CCC[C@@](O)(CN2CC3(COC3)C2)[C@@H]2CC[C@H]2CN2CCCCc3cc(Cl)ccc3COc3ccc(cc32)C(=O)NS1(=O)=O. The van der Waals surface area contributed by atoms with Crippen LogP contribution < -0.4 is 14.4 Å². The maximum absolute atomic E-state index is 13.5. The molecule has 2 aromatic carbocycles. The number of anilines is 1. The van der Waals surface area contributed by atoms with Crippen LogP contribution in [0.2, 0.25) is 5.02 Å². The normalized spacial score (nSPS) is 32.2. The van der Waals surface area contributed by atoms with Gasteiger partial charge >= 0.3 is 0 Å². The van der Waals surface area contributed by atoms with Crippen molar-refractivity contribution in [3.8, 4) is 5.75 Å². The number of rotatable bonds is 2. The zero-order valence-electron chi connectivity index (χ0n) is 28.3. The number of aliphatic hydroxyl groups is 1. The molecular formula is C37H50ClN3O6S. The van der Waals surface area contributed by atoms with Crippen LogP contribution in [0, 0.1) is 23.2 Å². The molecule has 2 saturated heterocycles. The number of nitrogens with one attached hydrogen (secondary N) is 1. The highest BCUT2D eigenvalue weighted by atomic mass is 35.5. The molecule has 4 heterocycles. The summed E-state index contributed by atoms with van der Waals surface area (Å²) in [5, 5.41) is 12.5. The van der Waals surface area contributed by atoms with Gasteiger partial charge in [-0.2, -0.15) is 0 Å². The van der Waals surface area contributed by atoms with Crippen molar-refractivity contribution in [1.82, 2.24) is 9.62 Å². The van der Waals surface area contributed by atoms with E-state index in [0.717, 1.165) is 89.2 Å². The summed E-state index contributed by atoms with van der Waals surface area (Å²) in [7, 11) is -3.93. The molecule has 0 aromatic heterocycles. The van der Waals surface area contributed by atoms with Crippen LogP contribution in [0.4, 0.5) is 5.69 Å². The highest BCUT2D eigenvalue weighted by Gasteiger charge is 2.53. The first-order chi connectivity index (χ1) is 22.9. The molecule has 1 spiro atoms. The number of halogens is 1. The lowest BCUT2D eigenvalue weighted by atomic mass is 9.62. The molecule has 262 valence electrons. The van der Waals surface area contributed by atoms with Crippen molar-refractivity contribution in [3.05, 3.63) is 58.1 Å². The van der Waals surface area contributed by atoms with Crippen molar-refractivity contribution in [2.45, 2.75) is 82.7 Å². The third-order valence-corrected chi connectivity index (χ3v) is 14.2. The van der Waals surface area contributed by atoms with Gasteiger partial charge < -0.3 is 19.5 Å². The molecule has 3 fully saturated rings. The predicted molar refractivity (Wildman–Crippen MR) is 187 cm³/mol. The number of ether oxygens (including phenoxy) is 2. The number of nitrogens with zero attached hydrogens (tertiary/aromatic N) is 2. The summed E-state index contributed by atoms with van der Waals surface area (Å²) in [5.74, 6) is 0.265. The number of carbonyl (C=O) groups is 1. The van der Waals surface area contributed by atoms with Crippen LogP contribution in [0.15, 0.2) is 36.4 Å². The number of β-amino-alcohol motifs (C(OH)–C–C–N with tert-alkyl or cyclic N) is 1. The molecule has 11 heteroatoms. The fourth-order valence-corrected chi connectivity index (χ4v) is 10.3. The Balaban J connectivity index is 1.23. The first kappa shape index (κ1) is 34.1. The Labute approximate surface area is 290 Å². The van der Waals surface area contributed by atoms with Crippen molar-refractivity contribution >= 4 is 33.2 Å². The molecule has 1 saturated carbocycles. The molecule has 48 heavy (non-hydrogen) atoms. The van der Waals surface area contributed by atoms with E-state index in [9.17, 15) is 18.3 Å². The van der Waals surface area contributed by atoms with Gasteiger partial charge in [-0.25, -0.2) is 13.1 Å². The predicted octanol–water partition coefficient (Wildman–Crippen LogP) is 5.42. The minimum atomic E-state index is -3.93. The Morgan fingerprint density at radius 3 is 2.56 bits per heavy atom. The number of carbonyl (C=O) groups excluding carboxylic acids is 1. The van der Waals surface area contributed by atoms with Crippen LogP contribution in [0.1, 0.15) is 80.3 Å². The molecule has 0 radical (unpaired) electrons. The van der Waals surface area contributed by atoms with E-state index in [1.165, 1.54) is 5.56 Å². The molecule has 2 aromatic rings. The van der Waals surface area contributed by atoms with Crippen molar-refractivity contribution in [2.75, 3.05) is 50.8 Å².